The summed E-state index contributed by atoms with van der Waals surface area (Å²) in [7, 11) is 0. The Morgan fingerprint density at radius 1 is 0.304 bits per heavy atom. The van der Waals surface area contributed by atoms with E-state index in [0.29, 0.717) is 5.56 Å². The average Bonchev–Trinajstić information content (AvgIpc) is 3.18. The molecule has 9 aromatic rings. The molecular formula is C46H30. The molecule has 0 unspecified atom stereocenters. The van der Waals surface area contributed by atoms with E-state index in [2.05, 4.69) is 115 Å². The van der Waals surface area contributed by atoms with Crippen LogP contribution in [0.3, 0.4) is 0 Å². The van der Waals surface area contributed by atoms with E-state index < -0.39 is 6.04 Å². The highest BCUT2D eigenvalue weighted by molar-refractivity contribution is 6.26. The first-order chi connectivity index (χ1) is 24.9. The first-order valence-corrected chi connectivity index (χ1v) is 15.5. The first kappa shape index (κ1) is 21.7. The second kappa shape index (κ2) is 10.9. The molecule has 0 aromatic heterocycles. The predicted octanol–water partition coefficient (Wildman–Crippen LogP) is 13.0. The fraction of sp³-hybridized carbons (Fsp3) is 0. The Morgan fingerprint density at radius 2 is 0.848 bits per heavy atom. The van der Waals surface area contributed by atoms with Crippen molar-refractivity contribution in [1.29, 1.82) is 0 Å². The van der Waals surface area contributed by atoms with Crippen LogP contribution in [0.25, 0.3) is 87.6 Å². The summed E-state index contributed by atoms with van der Waals surface area (Å²) >= 11 is 0. The van der Waals surface area contributed by atoms with Crippen LogP contribution >= 0.6 is 0 Å². The van der Waals surface area contributed by atoms with Gasteiger partial charge in [0, 0.05) is 0 Å². The second-order valence-corrected chi connectivity index (χ2v) is 11.7. The smallest absolute Gasteiger partial charge is 0.0622 e. The van der Waals surface area contributed by atoms with Gasteiger partial charge in [0.1, 0.15) is 0 Å². The molecule has 0 aliphatic carbocycles. The Balaban J connectivity index is 1.41. The van der Waals surface area contributed by atoms with Gasteiger partial charge in [0.25, 0.3) is 0 Å². The summed E-state index contributed by atoms with van der Waals surface area (Å²) in [6.07, 6.45) is 0. The van der Waals surface area contributed by atoms with Crippen molar-refractivity contribution in [2.45, 2.75) is 0 Å². The summed E-state index contributed by atoms with van der Waals surface area (Å²) in [5, 5.41) is 8.80. The number of rotatable bonds is 4. The molecule has 0 aliphatic heterocycles. The molecule has 0 N–H and O–H groups in total. The van der Waals surface area contributed by atoms with Gasteiger partial charge in [0.2, 0.25) is 0 Å². The van der Waals surface area contributed by atoms with E-state index in [0.717, 1.165) is 54.6 Å². The zero-order valence-corrected chi connectivity index (χ0v) is 24.9. The first-order valence-electron chi connectivity index (χ1n) is 18.0. The van der Waals surface area contributed by atoms with Crippen LogP contribution in [0.15, 0.2) is 182 Å². The van der Waals surface area contributed by atoms with Gasteiger partial charge in [-0.15, -0.1) is 0 Å². The van der Waals surface area contributed by atoms with Crippen molar-refractivity contribution < 1.29 is 6.85 Å². The highest BCUT2D eigenvalue weighted by Crippen LogP contribution is 2.47. The number of benzene rings is 9. The van der Waals surface area contributed by atoms with Crippen LogP contribution in [0.4, 0.5) is 0 Å². The van der Waals surface area contributed by atoms with Crippen molar-refractivity contribution in [3.05, 3.63) is 182 Å². The summed E-state index contributed by atoms with van der Waals surface area (Å²) in [5.74, 6) is 0. The Labute approximate surface area is 275 Å². The highest BCUT2D eigenvalue weighted by Gasteiger charge is 2.20. The number of fused-ring (bicyclic) bond motifs is 5. The lowest BCUT2D eigenvalue weighted by atomic mass is 9.83. The van der Waals surface area contributed by atoms with Crippen LogP contribution in [0.1, 0.15) is 6.85 Å². The zero-order valence-electron chi connectivity index (χ0n) is 29.9. The molecule has 0 fully saturated rings. The van der Waals surface area contributed by atoms with Crippen LogP contribution in [0.2, 0.25) is 0 Å². The molecule has 0 amide bonds. The van der Waals surface area contributed by atoms with Crippen LogP contribution in [0, 0.1) is 0 Å². The molecule has 0 bridgehead atoms. The van der Waals surface area contributed by atoms with E-state index >= 15 is 0 Å². The molecule has 0 aliphatic rings. The molecule has 0 atom stereocenters. The maximum atomic E-state index is 8.77. The van der Waals surface area contributed by atoms with Gasteiger partial charge in [0.15, 0.2) is 0 Å². The third-order valence-electron chi connectivity index (χ3n) is 9.11. The Bertz CT molecular complexity index is 2810. The number of hydrogen-bond acceptors (Lipinski definition) is 0. The van der Waals surface area contributed by atoms with E-state index in [4.69, 9.17) is 6.85 Å². The summed E-state index contributed by atoms with van der Waals surface area (Å²) < 4.78 is 42.5. The fourth-order valence-corrected chi connectivity index (χ4v) is 7.05. The van der Waals surface area contributed by atoms with E-state index in [1.54, 1.807) is 0 Å². The van der Waals surface area contributed by atoms with Gasteiger partial charge < -0.3 is 0 Å². The summed E-state index contributed by atoms with van der Waals surface area (Å²) in [6, 6.07) is 51.3. The average molecular weight is 588 g/mol. The molecule has 0 saturated heterocycles. The van der Waals surface area contributed by atoms with Crippen LogP contribution in [-0.2, 0) is 0 Å². The molecule has 9 aromatic carbocycles. The maximum Gasteiger partial charge on any atom is 0.0629 e. The van der Waals surface area contributed by atoms with Gasteiger partial charge >= 0.3 is 0 Å². The van der Waals surface area contributed by atoms with E-state index in [1.165, 1.54) is 21.9 Å². The lowest BCUT2D eigenvalue weighted by Gasteiger charge is -2.20. The standard InChI is InChI=1S/C46H30/c1-4-14-31(15-5-1)34-24-25-36-30-43(38-21-11-10-20-37(38)42(36)28-34)46-40-23-13-12-22-39(40)45(33-18-8-3-9-19-33)44-29-35(26-27-41(44)46)32-16-6-2-7-17-32/h1-30H/i2D,6D,7D,16D,17D. The Hall–Kier alpha value is -5.98. The largest absolute Gasteiger partial charge is 0.0629 e. The van der Waals surface area contributed by atoms with Gasteiger partial charge in [-0.2, -0.15) is 0 Å². The van der Waals surface area contributed by atoms with Crippen molar-refractivity contribution in [1.82, 2.24) is 0 Å². The van der Waals surface area contributed by atoms with E-state index in [1.807, 2.05) is 36.4 Å². The van der Waals surface area contributed by atoms with Crippen LogP contribution in [-0.4, -0.2) is 0 Å². The van der Waals surface area contributed by atoms with Gasteiger partial charge in [-0.3, -0.25) is 0 Å². The van der Waals surface area contributed by atoms with Crippen molar-refractivity contribution in [2.75, 3.05) is 0 Å². The molecule has 0 saturated carbocycles. The molecule has 0 spiro atoms. The molecule has 0 radical (unpaired) electrons. The van der Waals surface area contributed by atoms with Crippen molar-refractivity contribution in [3.63, 3.8) is 0 Å². The Kier molecular flexibility index (Phi) is 5.12. The SMILES string of the molecule is [2H]c1c([2H])c([2H])c(-c2ccc3c(-c4cc5ccc(-c6ccccc6)cc5c5ccccc45)c4ccccc4c(-c4ccccc4)c3c2)c([2H])c1[2H]. The minimum atomic E-state index is -0.396. The minimum Gasteiger partial charge on any atom is -0.0622 e. The molecule has 214 valence electrons. The second-order valence-electron chi connectivity index (χ2n) is 11.7. The zero-order chi connectivity index (χ0) is 34.8. The predicted molar refractivity (Wildman–Crippen MR) is 198 cm³/mol. The molecule has 0 heteroatoms. The van der Waals surface area contributed by atoms with Gasteiger partial charge in [-0.1, -0.05) is 164 Å². The van der Waals surface area contributed by atoms with Crippen LogP contribution in [0.5, 0.6) is 0 Å². The van der Waals surface area contributed by atoms with Gasteiger partial charge in [-0.25, -0.2) is 0 Å². The topological polar surface area (TPSA) is 0 Å². The van der Waals surface area contributed by atoms with Crippen molar-refractivity contribution >= 4 is 43.1 Å². The lowest BCUT2D eigenvalue weighted by molar-refractivity contribution is 1.63. The maximum absolute atomic E-state index is 8.77. The Morgan fingerprint density at radius 3 is 1.59 bits per heavy atom. The monoisotopic (exact) mass is 587 g/mol. The molecule has 0 nitrogen and oxygen atoms in total. The van der Waals surface area contributed by atoms with E-state index in [9.17, 15) is 0 Å². The normalized spacial score (nSPS) is 13.0. The van der Waals surface area contributed by atoms with Gasteiger partial charge in [-0.05, 0) is 106 Å². The van der Waals surface area contributed by atoms with E-state index in [-0.39, 0.29) is 29.7 Å². The third kappa shape index (κ3) is 4.30. The number of hydrogen-bond donors (Lipinski definition) is 0. The lowest BCUT2D eigenvalue weighted by Crippen LogP contribution is -1.93. The van der Waals surface area contributed by atoms with Gasteiger partial charge in [0.05, 0.1) is 6.85 Å². The summed E-state index contributed by atoms with van der Waals surface area (Å²) in [6.45, 7) is 0. The fourth-order valence-electron chi connectivity index (χ4n) is 7.05. The molecular weight excluding hydrogens is 553 g/mol. The molecule has 9 rings (SSSR count). The minimum absolute atomic E-state index is 0.196. The highest BCUT2D eigenvalue weighted by atomic mass is 14.2. The van der Waals surface area contributed by atoms with Crippen molar-refractivity contribution in [3.8, 4) is 44.5 Å². The summed E-state index contributed by atoms with van der Waals surface area (Å²) in [4.78, 5) is 0. The summed E-state index contributed by atoms with van der Waals surface area (Å²) in [5.41, 5.74) is 7.41. The van der Waals surface area contributed by atoms with Crippen LogP contribution < -0.4 is 0 Å². The molecule has 0 heterocycles. The van der Waals surface area contributed by atoms with Crippen molar-refractivity contribution in [2.24, 2.45) is 0 Å². The third-order valence-corrected chi connectivity index (χ3v) is 9.11. The quantitative estimate of drug-likeness (QED) is 0.142. The molecule has 46 heavy (non-hydrogen) atoms.